The van der Waals surface area contributed by atoms with Gasteiger partial charge >= 0.3 is 0 Å². The Morgan fingerprint density at radius 1 is 0.947 bits per heavy atom. The molecule has 0 aliphatic heterocycles. The molecule has 0 radical (unpaired) electrons. The molecular formula is C14H11F3IN. The first-order valence-corrected chi connectivity index (χ1v) is 6.70. The molecule has 0 aliphatic rings. The first-order chi connectivity index (χ1) is 8.99. The lowest BCUT2D eigenvalue weighted by Gasteiger charge is -2.13. The Bertz CT molecular complexity index is 584. The molecule has 0 heterocycles. The average Bonchev–Trinajstić information content (AvgIpc) is 2.39. The van der Waals surface area contributed by atoms with Crippen LogP contribution in [0.5, 0.6) is 0 Å². The van der Waals surface area contributed by atoms with Crippen molar-refractivity contribution in [2.24, 2.45) is 5.73 Å². The number of halogens is 4. The van der Waals surface area contributed by atoms with Gasteiger partial charge in [-0.05, 0) is 52.8 Å². The molecule has 1 nitrogen and oxygen atoms in total. The summed E-state index contributed by atoms with van der Waals surface area (Å²) in [6.07, 6.45) is 0.360. The SMILES string of the molecule is NC(Cc1ccc(I)cc1)c1ccc(F)c(F)c1F. The normalized spacial score (nSPS) is 12.5. The second kappa shape index (κ2) is 5.92. The summed E-state index contributed by atoms with van der Waals surface area (Å²) >= 11 is 2.17. The van der Waals surface area contributed by atoms with Crippen LogP contribution in [0.1, 0.15) is 17.2 Å². The minimum Gasteiger partial charge on any atom is -0.324 e. The Morgan fingerprint density at radius 3 is 2.21 bits per heavy atom. The molecule has 0 saturated carbocycles. The van der Waals surface area contributed by atoms with Gasteiger partial charge in [0, 0.05) is 15.2 Å². The Kier molecular flexibility index (Phi) is 4.46. The monoisotopic (exact) mass is 377 g/mol. The third kappa shape index (κ3) is 3.27. The molecule has 2 aromatic carbocycles. The number of benzene rings is 2. The number of nitrogens with two attached hydrogens (primary N) is 1. The molecule has 2 rings (SSSR count). The topological polar surface area (TPSA) is 26.0 Å². The highest BCUT2D eigenvalue weighted by atomic mass is 127. The van der Waals surface area contributed by atoms with Gasteiger partial charge in [0.2, 0.25) is 0 Å². The fourth-order valence-corrected chi connectivity index (χ4v) is 2.17. The van der Waals surface area contributed by atoms with Gasteiger partial charge in [-0.15, -0.1) is 0 Å². The lowest BCUT2D eigenvalue weighted by molar-refractivity contribution is 0.435. The van der Waals surface area contributed by atoms with Gasteiger partial charge in [0.1, 0.15) is 0 Å². The lowest BCUT2D eigenvalue weighted by Crippen LogP contribution is -2.16. The molecule has 0 amide bonds. The number of rotatable bonds is 3. The van der Waals surface area contributed by atoms with Crippen molar-refractivity contribution < 1.29 is 13.2 Å². The van der Waals surface area contributed by atoms with E-state index in [2.05, 4.69) is 22.6 Å². The third-order valence-electron chi connectivity index (χ3n) is 2.83. The molecule has 0 fully saturated rings. The predicted molar refractivity (Wildman–Crippen MR) is 76.1 cm³/mol. The van der Waals surface area contributed by atoms with Gasteiger partial charge in [0.15, 0.2) is 17.5 Å². The Hall–Kier alpha value is -1.08. The van der Waals surface area contributed by atoms with Crippen molar-refractivity contribution in [2.75, 3.05) is 0 Å². The smallest absolute Gasteiger partial charge is 0.194 e. The van der Waals surface area contributed by atoms with Crippen LogP contribution >= 0.6 is 22.6 Å². The van der Waals surface area contributed by atoms with Crippen LogP contribution in [-0.4, -0.2) is 0 Å². The molecule has 0 spiro atoms. The van der Waals surface area contributed by atoms with E-state index < -0.39 is 23.5 Å². The van der Waals surface area contributed by atoms with Gasteiger partial charge in [-0.2, -0.15) is 0 Å². The Labute approximate surface area is 122 Å². The summed E-state index contributed by atoms with van der Waals surface area (Å²) in [4.78, 5) is 0. The highest BCUT2D eigenvalue weighted by Gasteiger charge is 2.18. The summed E-state index contributed by atoms with van der Waals surface area (Å²) in [5, 5.41) is 0. The summed E-state index contributed by atoms with van der Waals surface area (Å²) in [5.74, 6) is -3.89. The van der Waals surface area contributed by atoms with Gasteiger partial charge in [0.25, 0.3) is 0 Å². The molecule has 0 bridgehead atoms. The lowest BCUT2D eigenvalue weighted by atomic mass is 9.99. The maximum atomic E-state index is 13.6. The first-order valence-electron chi connectivity index (χ1n) is 5.62. The van der Waals surface area contributed by atoms with E-state index in [0.29, 0.717) is 6.42 Å². The molecule has 2 aromatic rings. The first kappa shape index (κ1) is 14.3. The van der Waals surface area contributed by atoms with Crippen LogP contribution in [0, 0.1) is 21.0 Å². The molecular weight excluding hydrogens is 366 g/mol. The van der Waals surface area contributed by atoms with E-state index in [1.807, 2.05) is 24.3 Å². The predicted octanol–water partition coefficient (Wildman–Crippen LogP) is 3.95. The van der Waals surface area contributed by atoms with Crippen LogP contribution < -0.4 is 5.73 Å². The molecule has 0 aromatic heterocycles. The van der Waals surface area contributed by atoms with Crippen molar-refractivity contribution in [3.8, 4) is 0 Å². The van der Waals surface area contributed by atoms with E-state index in [4.69, 9.17) is 5.73 Å². The van der Waals surface area contributed by atoms with E-state index >= 15 is 0 Å². The second-order valence-corrected chi connectivity index (χ2v) is 5.45. The van der Waals surface area contributed by atoms with E-state index in [9.17, 15) is 13.2 Å². The van der Waals surface area contributed by atoms with Crippen LogP contribution in [-0.2, 0) is 6.42 Å². The maximum absolute atomic E-state index is 13.6. The quantitative estimate of drug-likeness (QED) is 0.636. The summed E-state index contributed by atoms with van der Waals surface area (Å²) in [6, 6.07) is 8.93. The molecule has 0 aliphatic carbocycles. The molecule has 1 unspecified atom stereocenters. The Balaban J connectivity index is 2.23. The van der Waals surface area contributed by atoms with Gasteiger partial charge in [0.05, 0.1) is 0 Å². The van der Waals surface area contributed by atoms with Crippen molar-refractivity contribution in [2.45, 2.75) is 12.5 Å². The van der Waals surface area contributed by atoms with E-state index in [0.717, 1.165) is 15.2 Å². The summed E-state index contributed by atoms with van der Waals surface area (Å²) in [7, 11) is 0. The molecule has 5 heteroatoms. The third-order valence-corrected chi connectivity index (χ3v) is 3.55. The zero-order valence-corrected chi connectivity index (χ0v) is 12.0. The Morgan fingerprint density at radius 2 is 1.58 bits per heavy atom. The van der Waals surface area contributed by atoms with Crippen molar-refractivity contribution >= 4 is 22.6 Å². The zero-order valence-electron chi connectivity index (χ0n) is 9.84. The summed E-state index contributed by atoms with van der Waals surface area (Å²) in [5.41, 5.74) is 6.75. The van der Waals surface area contributed by atoms with Crippen LogP contribution in [0.4, 0.5) is 13.2 Å². The average molecular weight is 377 g/mol. The van der Waals surface area contributed by atoms with Crippen molar-refractivity contribution in [3.63, 3.8) is 0 Å². The van der Waals surface area contributed by atoms with Crippen molar-refractivity contribution in [3.05, 3.63) is 68.5 Å². The maximum Gasteiger partial charge on any atom is 0.194 e. The van der Waals surface area contributed by atoms with E-state index in [1.165, 1.54) is 6.07 Å². The van der Waals surface area contributed by atoms with Gasteiger partial charge in [-0.3, -0.25) is 0 Å². The van der Waals surface area contributed by atoms with Crippen LogP contribution in [0.15, 0.2) is 36.4 Å². The fourth-order valence-electron chi connectivity index (χ4n) is 1.81. The molecule has 1 atom stereocenters. The molecule has 19 heavy (non-hydrogen) atoms. The minimum atomic E-state index is -1.48. The molecule has 100 valence electrons. The highest BCUT2D eigenvalue weighted by Crippen LogP contribution is 2.23. The second-order valence-electron chi connectivity index (χ2n) is 4.20. The highest BCUT2D eigenvalue weighted by molar-refractivity contribution is 14.1. The van der Waals surface area contributed by atoms with Crippen LogP contribution in [0.3, 0.4) is 0 Å². The number of hydrogen-bond donors (Lipinski definition) is 1. The van der Waals surface area contributed by atoms with Crippen LogP contribution in [0.25, 0.3) is 0 Å². The largest absolute Gasteiger partial charge is 0.324 e. The van der Waals surface area contributed by atoms with Crippen LogP contribution in [0.2, 0.25) is 0 Å². The van der Waals surface area contributed by atoms with Gasteiger partial charge in [-0.25, -0.2) is 13.2 Å². The van der Waals surface area contributed by atoms with E-state index in [-0.39, 0.29) is 5.56 Å². The summed E-state index contributed by atoms with van der Waals surface area (Å²) in [6.45, 7) is 0. The van der Waals surface area contributed by atoms with Crippen molar-refractivity contribution in [1.29, 1.82) is 0 Å². The minimum absolute atomic E-state index is 0.0162. The van der Waals surface area contributed by atoms with Gasteiger partial charge < -0.3 is 5.73 Å². The molecule has 2 N–H and O–H groups in total. The number of hydrogen-bond acceptors (Lipinski definition) is 1. The standard InChI is InChI=1S/C14H11F3IN/c15-11-6-5-10(13(16)14(11)17)12(19)7-8-1-3-9(18)4-2-8/h1-6,12H,7,19H2. The van der Waals surface area contributed by atoms with E-state index in [1.54, 1.807) is 0 Å². The molecule has 0 saturated heterocycles. The van der Waals surface area contributed by atoms with Crippen molar-refractivity contribution in [1.82, 2.24) is 0 Å². The zero-order chi connectivity index (χ0) is 14.0. The summed E-state index contributed by atoms with van der Waals surface area (Å²) < 4.78 is 40.6. The fraction of sp³-hybridized carbons (Fsp3) is 0.143. The van der Waals surface area contributed by atoms with Gasteiger partial charge in [-0.1, -0.05) is 18.2 Å².